The van der Waals surface area contributed by atoms with Crippen molar-refractivity contribution in [3.8, 4) is 0 Å². The Labute approximate surface area is 75.8 Å². The topological polar surface area (TPSA) is 78.4 Å². The Morgan fingerprint density at radius 1 is 1.69 bits per heavy atom. The molecule has 5 nitrogen and oxygen atoms in total. The molecule has 5 heteroatoms. The second-order valence-corrected chi connectivity index (χ2v) is 2.61. The van der Waals surface area contributed by atoms with Crippen molar-refractivity contribution in [2.45, 2.75) is 19.8 Å². The number of carbonyl (C=O) groups is 1. The zero-order valence-corrected chi connectivity index (χ0v) is 7.66. The molecule has 1 rings (SSSR count). The van der Waals surface area contributed by atoms with Crippen LogP contribution < -0.4 is 5.73 Å². The van der Waals surface area contributed by atoms with Crippen LogP contribution in [0, 0.1) is 0 Å². The Morgan fingerprint density at radius 3 is 2.92 bits per heavy atom. The van der Waals surface area contributed by atoms with E-state index < -0.39 is 5.97 Å². The lowest BCUT2D eigenvalue weighted by Gasteiger charge is -1.97. The molecule has 0 aromatic carbocycles. The number of carbonyl (C=O) groups excluding carboxylic acids is 1. The van der Waals surface area contributed by atoms with Crippen LogP contribution in [0.1, 0.15) is 29.5 Å². The number of aromatic nitrogens is 1. The summed E-state index contributed by atoms with van der Waals surface area (Å²) in [5.41, 5.74) is 5.70. The first kappa shape index (κ1) is 9.57. The van der Waals surface area contributed by atoms with Gasteiger partial charge in [-0.25, -0.2) is 4.79 Å². The molecule has 1 aromatic heterocycles. The molecule has 2 N–H and O–H groups in total. The summed E-state index contributed by atoms with van der Waals surface area (Å²) in [5.74, 6) is 0.0874. The molecule has 72 valence electrons. The number of hydrogen-bond acceptors (Lipinski definition) is 5. The molecule has 0 unspecified atom stereocenters. The van der Waals surface area contributed by atoms with Gasteiger partial charge in [0.2, 0.25) is 0 Å². The number of nitrogens with two attached hydrogens (primary N) is 1. The fourth-order valence-corrected chi connectivity index (χ4v) is 1.06. The molecule has 0 radical (unpaired) electrons. The molecule has 0 bridgehead atoms. The van der Waals surface area contributed by atoms with Gasteiger partial charge in [0.1, 0.15) is 5.56 Å². The molecule has 13 heavy (non-hydrogen) atoms. The fourth-order valence-electron chi connectivity index (χ4n) is 1.06. The first-order valence-corrected chi connectivity index (χ1v) is 4.03. The summed E-state index contributed by atoms with van der Waals surface area (Å²) in [6.07, 6.45) is 1.49. The SMILES string of the molecule is CCCc1onc(N)c1C(=O)OC. The van der Waals surface area contributed by atoms with Crippen molar-refractivity contribution in [3.63, 3.8) is 0 Å². The third-order valence-electron chi connectivity index (χ3n) is 1.66. The maximum Gasteiger partial charge on any atom is 0.345 e. The van der Waals surface area contributed by atoms with Crippen molar-refractivity contribution in [2.75, 3.05) is 12.8 Å². The highest BCUT2D eigenvalue weighted by Gasteiger charge is 2.20. The summed E-state index contributed by atoms with van der Waals surface area (Å²) in [7, 11) is 1.30. The van der Waals surface area contributed by atoms with E-state index >= 15 is 0 Å². The van der Waals surface area contributed by atoms with E-state index in [4.69, 9.17) is 10.3 Å². The lowest BCUT2D eigenvalue weighted by Crippen LogP contribution is -2.06. The molecule has 0 saturated heterocycles. The first-order chi connectivity index (χ1) is 6.20. The van der Waals surface area contributed by atoms with Gasteiger partial charge in [-0.1, -0.05) is 12.1 Å². The van der Waals surface area contributed by atoms with E-state index in [0.29, 0.717) is 12.2 Å². The smallest absolute Gasteiger partial charge is 0.345 e. The average Bonchev–Trinajstić information content (AvgIpc) is 2.47. The highest BCUT2D eigenvalue weighted by Crippen LogP contribution is 2.18. The molecule has 0 atom stereocenters. The van der Waals surface area contributed by atoms with E-state index in [0.717, 1.165) is 6.42 Å². The lowest BCUT2D eigenvalue weighted by atomic mass is 10.1. The monoisotopic (exact) mass is 184 g/mol. The number of esters is 1. The second-order valence-electron chi connectivity index (χ2n) is 2.61. The lowest BCUT2D eigenvalue weighted by molar-refractivity contribution is 0.0599. The normalized spacial score (nSPS) is 10.0. The van der Waals surface area contributed by atoms with Gasteiger partial charge in [-0.2, -0.15) is 0 Å². The van der Waals surface area contributed by atoms with Crippen molar-refractivity contribution in [1.29, 1.82) is 0 Å². The predicted molar refractivity (Wildman–Crippen MR) is 46.2 cm³/mol. The van der Waals surface area contributed by atoms with E-state index in [1.807, 2.05) is 6.92 Å². The predicted octanol–water partition coefficient (Wildman–Crippen LogP) is 0.996. The van der Waals surface area contributed by atoms with Gasteiger partial charge in [0.25, 0.3) is 0 Å². The number of hydrogen-bond donors (Lipinski definition) is 1. The Balaban J connectivity index is 3.01. The van der Waals surface area contributed by atoms with Crippen molar-refractivity contribution >= 4 is 11.8 Å². The van der Waals surface area contributed by atoms with Crippen LogP contribution in [0.15, 0.2) is 4.52 Å². The Morgan fingerprint density at radius 2 is 2.38 bits per heavy atom. The Hall–Kier alpha value is -1.52. The molecule has 1 heterocycles. The van der Waals surface area contributed by atoms with Gasteiger partial charge < -0.3 is 15.0 Å². The van der Waals surface area contributed by atoms with Gasteiger partial charge >= 0.3 is 5.97 Å². The van der Waals surface area contributed by atoms with Crippen molar-refractivity contribution in [3.05, 3.63) is 11.3 Å². The number of nitrogens with zero attached hydrogens (tertiary/aromatic N) is 1. The molecule has 0 fully saturated rings. The van der Waals surface area contributed by atoms with E-state index in [9.17, 15) is 4.79 Å². The standard InChI is InChI=1S/C8H12N2O3/c1-3-4-5-6(8(11)12-2)7(9)10-13-5/h3-4H2,1-2H3,(H2,9,10). The van der Waals surface area contributed by atoms with Gasteiger partial charge in [0.05, 0.1) is 7.11 Å². The molecule has 1 aromatic rings. The largest absolute Gasteiger partial charge is 0.465 e. The molecule has 0 amide bonds. The van der Waals surface area contributed by atoms with Crippen LogP contribution in [-0.2, 0) is 11.2 Å². The summed E-state index contributed by atoms with van der Waals surface area (Å²) in [6.45, 7) is 1.97. The minimum Gasteiger partial charge on any atom is -0.465 e. The number of aryl methyl sites for hydroxylation is 1. The summed E-state index contributed by atoms with van der Waals surface area (Å²) in [4.78, 5) is 11.2. The summed E-state index contributed by atoms with van der Waals surface area (Å²) >= 11 is 0. The second kappa shape index (κ2) is 3.93. The van der Waals surface area contributed by atoms with Crippen LogP contribution in [0.25, 0.3) is 0 Å². The number of rotatable bonds is 3. The van der Waals surface area contributed by atoms with Crippen LogP contribution in [-0.4, -0.2) is 18.2 Å². The van der Waals surface area contributed by atoms with Gasteiger partial charge in [-0.05, 0) is 6.42 Å². The summed E-state index contributed by atoms with van der Waals surface area (Å²) in [5, 5.41) is 3.51. The minimum atomic E-state index is -0.498. The first-order valence-electron chi connectivity index (χ1n) is 4.03. The fraction of sp³-hybridized carbons (Fsp3) is 0.500. The van der Waals surface area contributed by atoms with Gasteiger partial charge in [-0.15, -0.1) is 0 Å². The molecular formula is C8H12N2O3. The number of ether oxygens (including phenoxy) is 1. The van der Waals surface area contributed by atoms with Crippen LogP contribution >= 0.6 is 0 Å². The maximum absolute atomic E-state index is 11.2. The number of methoxy groups -OCH3 is 1. The molecule has 0 spiro atoms. The summed E-state index contributed by atoms with van der Waals surface area (Å²) in [6, 6.07) is 0. The van der Waals surface area contributed by atoms with Crippen molar-refractivity contribution in [2.24, 2.45) is 0 Å². The van der Waals surface area contributed by atoms with E-state index in [2.05, 4.69) is 9.89 Å². The van der Waals surface area contributed by atoms with E-state index in [1.165, 1.54) is 7.11 Å². The van der Waals surface area contributed by atoms with Crippen molar-refractivity contribution < 1.29 is 14.1 Å². The summed E-state index contributed by atoms with van der Waals surface area (Å²) < 4.78 is 9.43. The van der Waals surface area contributed by atoms with Crippen molar-refractivity contribution in [1.82, 2.24) is 5.16 Å². The quantitative estimate of drug-likeness (QED) is 0.709. The highest BCUT2D eigenvalue weighted by atomic mass is 16.5. The van der Waals surface area contributed by atoms with E-state index in [-0.39, 0.29) is 11.4 Å². The van der Waals surface area contributed by atoms with Crippen LogP contribution in [0.5, 0.6) is 0 Å². The zero-order valence-electron chi connectivity index (χ0n) is 7.66. The Bertz CT molecular complexity index is 306. The maximum atomic E-state index is 11.2. The third kappa shape index (κ3) is 1.80. The number of nitrogen functional groups attached to an aromatic ring is 1. The third-order valence-corrected chi connectivity index (χ3v) is 1.66. The van der Waals surface area contributed by atoms with Crippen LogP contribution in [0.2, 0.25) is 0 Å². The van der Waals surface area contributed by atoms with Gasteiger partial charge in [0, 0.05) is 6.42 Å². The van der Waals surface area contributed by atoms with Gasteiger partial charge in [-0.3, -0.25) is 0 Å². The molecule has 0 aliphatic rings. The van der Waals surface area contributed by atoms with Crippen LogP contribution in [0.4, 0.5) is 5.82 Å². The highest BCUT2D eigenvalue weighted by molar-refractivity contribution is 5.95. The Kier molecular flexibility index (Phi) is 2.89. The van der Waals surface area contributed by atoms with Gasteiger partial charge in [0.15, 0.2) is 11.6 Å². The average molecular weight is 184 g/mol. The molecular weight excluding hydrogens is 172 g/mol. The molecule has 0 aliphatic heterocycles. The minimum absolute atomic E-state index is 0.0929. The zero-order chi connectivity index (χ0) is 9.84. The van der Waals surface area contributed by atoms with Crippen LogP contribution in [0.3, 0.4) is 0 Å². The number of anilines is 1. The molecule has 0 aliphatic carbocycles. The molecule has 0 saturated carbocycles. The van der Waals surface area contributed by atoms with E-state index in [1.54, 1.807) is 0 Å².